The van der Waals surface area contributed by atoms with Gasteiger partial charge >= 0.3 is 0 Å². The first-order valence-corrected chi connectivity index (χ1v) is 10.4. The lowest BCUT2D eigenvalue weighted by molar-refractivity contribution is 0.102. The van der Waals surface area contributed by atoms with E-state index in [1.807, 2.05) is 56.3 Å². The Kier molecular flexibility index (Phi) is 5.77. The van der Waals surface area contributed by atoms with Gasteiger partial charge < -0.3 is 14.6 Å². The summed E-state index contributed by atoms with van der Waals surface area (Å²) in [5, 5.41) is 3.33. The monoisotopic (exact) mass is 427 g/mol. The summed E-state index contributed by atoms with van der Waals surface area (Å²) >= 11 is 0. The van der Waals surface area contributed by atoms with Crippen molar-refractivity contribution in [2.24, 2.45) is 0 Å². The zero-order valence-corrected chi connectivity index (χ0v) is 18.6. The highest BCUT2D eigenvalue weighted by atomic mass is 16.5. The Morgan fingerprint density at radius 3 is 2.44 bits per heavy atom. The van der Waals surface area contributed by atoms with Gasteiger partial charge in [0.05, 0.1) is 35.8 Å². The number of benzene rings is 2. The van der Waals surface area contributed by atoms with E-state index >= 15 is 0 Å². The second kappa shape index (κ2) is 8.67. The fourth-order valence-electron chi connectivity index (χ4n) is 3.60. The lowest BCUT2D eigenvalue weighted by Crippen LogP contribution is -2.22. The van der Waals surface area contributed by atoms with Crippen LogP contribution in [0.5, 0.6) is 5.75 Å². The third-order valence-electron chi connectivity index (χ3n) is 5.67. The third kappa shape index (κ3) is 4.25. The molecule has 0 bridgehead atoms. The zero-order chi connectivity index (χ0) is 22.8. The quantitative estimate of drug-likeness (QED) is 0.504. The molecule has 32 heavy (non-hydrogen) atoms. The largest absolute Gasteiger partial charge is 0.497 e. The molecule has 162 valence electrons. The van der Waals surface area contributed by atoms with Crippen LogP contribution in [0.4, 0.5) is 5.69 Å². The van der Waals surface area contributed by atoms with E-state index in [4.69, 9.17) is 4.74 Å². The van der Waals surface area contributed by atoms with Crippen molar-refractivity contribution in [2.45, 2.75) is 27.3 Å². The van der Waals surface area contributed by atoms with Gasteiger partial charge in [-0.15, -0.1) is 0 Å². The average molecular weight is 428 g/mol. The van der Waals surface area contributed by atoms with Crippen molar-refractivity contribution >= 4 is 22.5 Å². The Morgan fingerprint density at radius 1 is 1.00 bits per heavy atom. The van der Waals surface area contributed by atoms with Crippen LogP contribution in [-0.2, 0) is 6.54 Å². The summed E-state index contributed by atoms with van der Waals surface area (Å²) in [4.78, 5) is 30.6. The summed E-state index contributed by atoms with van der Waals surface area (Å²) in [5.74, 6) is 0.476. The molecule has 2 aromatic carbocycles. The van der Waals surface area contributed by atoms with Gasteiger partial charge in [-0.3, -0.25) is 14.6 Å². The predicted octanol–water partition coefficient (Wildman–Crippen LogP) is 4.63. The molecule has 0 radical (unpaired) electrons. The highest BCUT2D eigenvalue weighted by Crippen LogP contribution is 2.19. The Morgan fingerprint density at radius 2 is 1.75 bits per heavy atom. The second-order valence-corrected chi connectivity index (χ2v) is 7.90. The van der Waals surface area contributed by atoms with E-state index < -0.39 is 0 Å². The van der Waals surface area contributed by atoms with Crippen LogP contribution in [0.3, 0.4) is 0 Å². The summed E-state index contributed by atoms with van der Waals surface area (Å²) in [5.41, 5.74) is 5.28. The van der Waals surface area contributed by atoms with Crippen molar-refractivity contribution in [3.63, 3.8) is 0 Å². The van der Waals surface area contributed by atoms with Gasteiger partial charge in [0.1, 0.15) is 5.75 Å². The molecule has 0 unspecified atom stereocenters. The standard InChI is InChI=1S/C26H25N3O3/c1-16-5-8-20(13-17(16)2)28-25(30)22-14-23-24(27-18(22)3)11-12-29(26(23)31)15-19-6-9-21(32-4)10-7-19/h5-14H,15H2,1-4H3,(H,28,30). The smallest absolute Gasteiger partial charge is 0.260 e. The lowest BCUT2D eigenvalue weighted by Gasteiger charge is -2.12. The van der Waals surface area contributed by atoms with E-state index in [9.17, 15) is 9.59 Å². The predicted molar refractivity (Wildman–Crippen MR) is 127 cm³/mol. The van der Waals surface area contributed by atoms with Gasteiger partial charge in [0.2, 0.25) is 0 Å². The first-order valence-electron chi connectivity index (χ1n) is 10.4. The molecule has 4 rings (SSSR count). The highest BCUT2D eigenvalue weighted by Gasteiger charge is 2.15. The molecular weight excluding hydrogens is 402 g/mol. The van der Waals surface area contributed by atoms with Gasteiger partial charge in [0, 0.05) is 11.9 Å². The van der Waals surface area contributed by atoms with E-state index in [-0.39, 0.29) is 11.5 Å². The van der Waals surface area contributed by atoms with Crippen LogP contribution in [0, 0.1) is 20.8 Å². The molecule has 4 aromatic rings. The maximum atomic E-state index is 13.1. The maximum Gasteiger partial charge on any atom is 0.260 e. The number of fused-ring (bicyclic) bond motifs is 1. The van der Waals surface area contributed by atoms with Crippen molar-refractivity contribution in [3.8, 4) is 5.75 Å². The maximum absolute atomic E-state index is 13.1. The molecule has 0 aliphatic carbocycles. The number of hydrogen-bond acceptors (Lipinski definition) is 4. The number of nitrogens with one attached hydrogen (secondary N) is 1. The molecule has 6 heteroatoms. The molecule has 2 aromatic heterocycles. The normalized spacial score (nSPS) is 10.9. The average Bonchev–Trinajstić information content (AvgIpc) is 2.78. The molecule has 0 saturated carbocycles. The van der Waals surface area contributed by atoms with Gasteiger partial charge in [0.25, 0.3) is 11.5 Å². The number of methoxy groups -OCH3 is 1. The topological polar surface area (TPSA) is 73.2 Å². The minimum absolute atomic E-state index is 0.189. The Balaban J connectivity index is 1.67. The minimum atomic E-state index is -0.287. The fourth-order valence-corrected chi connectivity index (χ4v) is 3.60. The van der Waals surface area contributed by atoms with Crippen LogP contribution in [0.1, 0.15) is 32.7 Å². The van der Waals surface area contributed by atoms with Gasteiger partial charge in [-0.25, -0.2) is 0 Å². The molecule has 0 fully saturated rings. The fraction of sp³-hybridized carbons (Fsp3) is 0.192. The van der Waals surface area contributed by atoms with E-state index in [0.29, 0.717) is 34.4 Å². The molecular formula is C26H25N3O3. The van der Waals surface area contributed by atoms with Crippen LogP contribution in [0.25, 0.3) is 10.9 Å². The van der Waals surface area contributed by atoms with Crippen LogP contribution >= 0.6 is 0 Å². The summed E-state index contributed by atoms with van der Waals surface area (Å²) in [6.45, 7) is 6.21. The number of carbonyl (C=O) groups excluding carboxylic acids is 1. The van der Waals surface area contributed by atoms with E-state index in [1.54, 1.807) is 36.9 Å². The number of carbonyl (C=O) groups is 1. The Bertz CT molecular complexity index is 1370. The highest BCUT2D eigenvalue weighted by molar-refractivity contribution is 6.06. The second-order valence-electron chi connectivity index (χ2n) is 7.90. The van der Waals surface area contributed by atoms with Crippen molar-refractivity contribution < 1.29 is 9.53 Å². The van der Waals surface area contributed by atoms with Gasteiger partial charge in [-0.05, 0) is 73.9 Å². The molecule has 0 aliphatic heterocycles. The number of anilines is 1. The van der Waals surface area contributed by atoms with Gasteiger partial charge in [-0.2, -0.15) is 0 Å². The Hall–Kier alpha value is -3.93. The molecule has 6 nitrogen and oxygen atoms in total. The SMILES string of the molecule is COc1ccc(Cn2ccc3nc(C)c(C(=O)Nc4ccc(C)c(C)c4)cc3c2=O)cc1. The molecule has 0 saturated heterocycles. The molecule has 0 aliphatic rings. The van der Waals surface area contributed by atoms with E-state index in [1.165, 1.54) is 0 Å². The Labute approximate surface area is 186 Å². The van der Waals surface area contributed by atoms with Crippen molar-refractivity contribution in [3.05, 3.63) is 99.1 Å². The first kappa shape index (κ1) is 21.3. The summed E-state index contributed by atoms with van der Waals surface area (Å²) < 4.78 is 6.80. The number of aryl methyl sites for hydroxylation is 3. The molecule has 1 amide bonds. The van der Waals surface area contributed by atoms with Crippen LogP contribution in [0.15, 0.2) is 65.6 Å². The summed E-state index contributed by atoms with van der Waals surface area (Å²) in [6, 6.07) is 16.8. The van der Waals surface area contributed by atoms with Crippen molar-refractivity contribution in [1.29, 1.82) is 0 Å². The number of rotatable bonds is 5. The number of hydrogen-bond donors (Lipinski definition) is 1. The van der Waals surface area contributed by atoms with Crippen molar-refractivity contribution in [1.82, 2.24) is 9.55 Å². The van der Waals surface area contributed by atoms with Gasteiger partial charge in [0.15, 0.2) is 0 Å². The first-order chi connectivity index (χ1) is 15.4. The molecule has 2 heterocycles. The molecule has 0 atom stereocenters. The number of pyridine rings is 2. The minimum Gasteiger partial charge on any atom is -0.497 e. The summed E-state index contributed by atoms with van der Waals surface area (Å²) in [6.07, 6.45) is 1.73. The number of aromatic nitrogens is 2. The third-order valence-corrected chi connectivity index (χ3v) is 5.67. The van der Waals surface area contributed by atoms with Crippen LogP contribution in [-0.4, -0.2) is 22.6 Å². The zero-order valence-electron chi connectivity index (χ0n) is 18.6. The van der Waals surface area contributed by atoms with Gasteiger partial charge in [-0.1, -0.05) is 18.2 Å². The van der Waals surface area contributed by atoms with Crippen LogP contribution in [0.2, 0.25) is 0 Å². The van der Waals surface area contributed by atoms with Crippen LogP contribution < -0.4 is 15.6 Å². The molecule has 0 spiro atoms. The summed E-state index contributed by atoms with van der Waals surface area (Å²) in [7, 11) is 1.62. The number of nitrogens with zero attached hydrogens (tertiary/aromatic N) is 2. The van der Waals surface area contributed by atoms with Crippen molar-refractivity contribution in [2.75, 3.05) is 12.4 Å². The van der Waals surface area contributed by atoms with E-state index in [2.05, 4.69) is 10.3 Å². The van der Waals surface area contributed by atoms with E-state index in [0.717, 1.165) is 22.4 Å². The number of amides is 1. The molecule has 1 N–H and O–H groups in total. The number of ether oxygens (including phenoxy) is 1. The lowest BCUT2D eigenvalue weighted by atomic mass is 10.1.